The van der Waals surface area contributed by atoms with E-state index in [1.165, 1.54) is 25.3 Å². The van der Waals surface area contributed by atoms with Gasteiger partial charge in [0.1, 0.15) is 72.9 Å². The Balaban J connectivity index is 0.918. The van der Waals surface area contributed by atoms with Gasteiger partial charge in [-0.25, -0.2) is 0 Å². The maximum atomic E-state index is 12.0. The molecule has 0 aromatic heterocycles. The summed E-state index contributed by atoms with van der Waals surface area (Å²) in [5.74, 6) is 3.35. The molecule has 9 rings (SSSR count). The molecule has 0 aromatic rings. The number of hydrogen-bond acceptors (Lipinski definition) is 17. The minimum atomic E-state index is -1.84. The van der Waals surface area contributed by atoms with Crippen molar-refractivity contribution in [3.05, 3.63) is 11.6 Å². The Hall–Kier alpha value is -0.940. The van der Waals surface area contributed by atoms with E-state index in [9.17, 15) is 46.0 Å². The van der Waals surface area contributed by atoms with Crippen molar-refractivity contribution in [2.24, 2.45) is 46.3 Å². The predicted molar refractivity (Wildman–Crippen MR) is 216 cm³/mol. The molecular formula is C45H73NO16. The lowest BCUT2D eigenvalue weighted by Gasteiger charge is -2.59. The van der Waals surface area contributed by atoms with Gasteiger partial charge in [0.2, 0.25) is 0 Å². The average molecular weight is 884 g/mol. The Morgan fingerprint density at radius 3 is 2.18 bits per heavy atom. The topological polar surface area (TPSA) is 259 Å². The SMILES string of the molecule is C[C@@H]1CC[C@@]2(NC1)O[C@H]1C[C@@H]3[C@@H]4CC=C5C[C@@H](O[C@@H]6O[C@H](CO)[C@@H](O[C@@H]7[C@@H](O)[C@H](O)[C@@H](CO)O[C@H]7O)[C@H](O)[C@H]6O[C@@H]6O[C@@H](C)[C@H](O)[C@@H](O)[C@H]6O)CC[C@]5(C)[C@H]4CC[C@]3(C)[C@H]1[C@@H]2C. The molecule has 17 heteroatoms. The molecule has 5 aliphatic heterocycles. The van der Waals surface area contributed by atoms with Crippen molar-refractivity contribution in [2.45, 2.75) is 202 Å². The molecule has 3 saturated carbocycles. The average Bonchev–Trinajstić information content (AvgIpc) is 3.70. The summed E-state index contributed by atoms with van der Waals surface area (Å²) >= 11 is 0. The van der Waals surface area contributed by atoms with Gasteiger partial charge in [-0.1, -0.05) is 39.3 Å². The Bertz CT molecular complexity index is 1620. The third-order valence-corrected chi connectivity index (χ3v) is 17.9. The summed E-state index contributed by atoms with van der Waals surface area (Å²) in [6.07, 6.45) is -11.7. The van der Waals surface area contributed by atoms with Crippen molar-refractivity contribution in [2.75, 3.05) is 19.8 Å². The first-order valence-electron chi connectivity index (χ1n) is 23.5. The van der Waals surface area contributed by atoms with Crippen molar-refractivity contribution in [1.29, 1.82) is 0 Å². The van der Waals surface area contributed by atoms with Crippen LogP contribution < -0.4 is 5.32 Å². The molecule has 62 heavy (non-hydrogen) atoms. The highest BCUT2D eigenvalue weighted by Crippen LogP contribution is 2.70. The molecule has 0 amide bonds. The quantitative estimate of drug-likeness (QED) is 0.142. The molecule has 26 atom stereocenters. The van der Waals surface area contributed by atoms with Gasteiger partial charge in [0.25, 0.3) is 0 Å². The van der Waals surface area contributed by atoms with Crippen LogP contribution in [0.1, 0.15) is 92.4 Å². The van der Waals surface area contributed by atoms with Crippen molar-refractivity contribution in [3.8, 4) is 0 Å². The number of aliphatic hydroxyl groups excluding tert-OH is 9. The van der Waals surface area contributed by atoms with Crippen molar-refractivity contribution in [3.63, 3.8) is 0 Å². The molecule has 9 aliphatic rings. The van der Waals surface area contributed by atoms with Gasteiger partial charge in [-0.2, -0.15) is 0 Å². The number of aliphatic hydroxyl groups is 9. The zero-order valence-electron chi connectivity index (χ0n) is 36.7. The van der Waals surface area contributed by atoms with E-state index in [-0.39, 0.29) is 28.8 Å². The lowest BCUT2D eigenvalue weighted by atomic mass is 9.47. The maximum absolute atomic E-state index is 12.0. The summed E-state index contributed by atoms with van der Waals surface area (Å²) in [4.78, 5) is 0. The van der Waals surface area contributed by atoms with Gasteiger partial charge in [0.15, 0.2) is 18.9 Å². The number of fused-ring (bicyclic) bond motifs is 7. The fraction of sp³-hybridized carbons (Fsp3) is 0.956. The second-order valence-corrected chi connectivity index (χ2v) is 21.2. The Labute approximate surface area is 364 Å². The minimum Gasteiger partial charge on any atom is -0.394 e. The van der Waals surface area contributed by atoms with Crippen LogP contribution in [-0.4, -0.2) is 176 Å². The maximum Gasteiger partial charge on any atom is 0.187 e. The van der Waals surface area contributed by atoms with Crippen molar-refractivity contribution < 1.29 is 79.1 Å². The third kappa shape index (κ3) is 7.49. The fourth-order valence-corrected chi connectivity index (χ4v) is 14.3. The molecule has 8 fully saturated rings. The highest BCUT2D eigenvalue weighted by atomic mass is 16.8. The highest BCUT2D eigenvalue weighted by molar-refractivity contribution is 5.26. The zero-order chi connectivity index (χ0) is 44.2. The van der Waals surface area contributed by atoms with Gasteiger partial charge in [-0.15, -0.1) is 0 Å². The molecule has 4 aliphatic carbocycles. The van der Waals surface area contributed by atoms with E-state index in [2.05, 4.69) is 39.1 Å². The smallest absolute Gasteiger partial charge is 0.187 e. The van der Waals surface area contributed by atoms with Crippen LogP contribution in [0, 0.1) is 46.3 Å². The molecule has 0 radical (unpaired) electrons. The Morgan fingerprint density at radius 2 is 1.47 bits per heavy atom. The monoisotopic (exact) mass is 883 g/mol. The van der Waals surface area contributed by atoms with E-state index < -0.39 is 105 Å². The van der Waals surface area contributed by atoms with Gasteiger partial charge in [0.05, 0.1) is 31.5 Å². The summed E-state index contributed by atoms with van der Waals surface area (Å²) in [7, 11) is 0. The van der Waals surface area contributed by atoms with Crippen molar-refractivity contribution in [1.82, 2.24) is 5.32 Å². The summed E-state index contributed by atoms with van der Waals surface area (Å²) in [5, 5.41) is 100. The van der Waals surface area contributed by atoms with E-state index in [0.29, 0.717) is 48.3 Å². The number of rotatable bonds is 8. The van der Waals surface area contributed by atoms with Crippen LogP contribution in [0.5, 0.6) is 0 Å². The van der Waals surface area contributed by atoms with Crippen LogP contribution in [-0.2, 0) is 33.2 Å². The summed E-state index contributed by atoms with van der Waals surface area (Å²) in [6, 6.07) is 0. The van der Waals surface area contributed by atoms with Crippen LogP contribution >= 0.6 is 0 Å². The molecule has 354 valence electrons. The largest absolute Gasteiger partial charge is 0.394 e. The highest BCUT2D eigenvalue weighted by Gasteiger charge is 2.68. The molecule has 0 bridgehead atoms. The fourth-order valence-electron chi connectivity index (χ4n) is 14.3. The molecule has 1 spiro atoms. The van der Waals surface area contributed by atoms with Gasteiger partial charge in [0, 0.05) is 12.5 Å². The standard InChI is InChI=1S/C45H73NO16/c1-19-8-13-45(46-16-19)20(2)30-27(62-45)15-26-24-7-6-22-14-23(9-11-43(22,4)25(24)10-12-44(26,30)5)57-42-39(61-41-35(53)33(51)31(49)21(3)56-41)36(54)37(29(18-48)59-42)60-38-34(52)32(50)28(17-47)58-40(38)55/h6,19-21,23-42,46-55H,7-18H2,1-5H3/t19-,20+,21+,23+,24-,25+,26-,27+,28-,29-,30+,31+,32-,33-,34+,35-,36+,37-,38-,39-,40-,41+,42-,43+,44+,45-/m1/s1. The molecule has 17 nitrogen and oxygen atoms in total. The van der Waals surface area contributed by atoms with E-state index >= 15 is 0 Å². The molecule has 5 heterocycles. The summed E-state index contributed by atoms with van der Waals surface area (Å²) < 4.78 is 43.2. The molecule has 10 N–H and O–H groups in total. The first kappa shape index (κ1) is 46.2. The Kier molecular flexibility index (Phi) is 12.9. The number of allylic oxidation sites excluding steroid dienone is 1. The van der Waals surface area contributed by atoms with Crippen LogP contribution in [0.2, 0.25) is 0 Å². The lowest BCUT2D eigenvalue weighted by molar-refractivity contribution is -0.383. The summed E-state index contributed by atoms with van der Waals surface area (Å²) in [6.45, 7) is 10.9. The van der Waals surface area contributed by atoms with Gasteiger partial charge in [-0.05, 0) is 105 Å². The number of nitrogens with one attached hydrogen (secondary N) is 1. The second kappa shape index (κ2) is 17.3. The number of piperidine rings is 1. The van der Waals surface area contributed by atoms with Gasteiger partial charge < -0.3 is 79.1 Å². The van der Waals surface area contributed by atoms with E-state index in [1.54, 1.807) is 0 Å². The van der Waals surface area contributed by atoms with Crippen LogP contribution in [0.4, 0.5) is 0 Å². The number of hydrogen-bond donors (Lipinski definition) is 10. The minimum absolute atomic E-state index is 0.0253. The molecule has 5 saturated heterocycles. The second-order valence-electron chi connectivity index (χ2n) is 21.2. The summed E-state index contributed by atoms with van der Waals surface area (Å²) in [5.41, 5.74) is 1.34. The van der Waals surface area contributed by atoms with Crippen LogP contribution in [0.15, 0.2) is 11.6 Å². The first-order chi connectivity index (χ1) is 29.4. The lowest BCUT2D eigenvalue weighted by Crippen LogP contribution is -2.67. The van der Waals surface area contributed by atoms with Gasteiger partial charge >= 0.3 is 0 Å². The van der Waals surface area contributed by atoms with E-state index in [0.717, 1.165) is 38.6 Å². The van der Waals surface area contributed by atoms with Gasteiger partial charge in [-0.3, -0.25) is 5.32 Å². The molecular weight excluding hydrogens is 810 g/mol. The zero-order valence-corrected chi connectivity index (χ0v) is 36.7. The Morgan fingerprint density at radius 1 is 0.710 bits per heavy atom. The van der Waals surface area contributed by atoms with E-state index in [4.69, 9.17) is 33.2 Å². The predicted octanol–water partition coefficient (Wildman–Crippen LogP) is -0.213. The normalized spacial score (nSPS) is 57.6. The molecule has 0 unspecified atom stereocenters. The molecule has 0 aromatic carbocycles. The number of ether oxygens (including phenoxy) is 7. The van der Waals surface area contributed by atoms with E-state index in [1.807, 2.05) is 0 Å². The van der Waals surface area contributed by atoms with Crippen LogP contribution in [0.3, 0.4) is 0 Å². The van der Waals surface area contributed by atoms with Crippen molar-refractivity contribution >= 4 is 0 Å². The van der Waals surface area contributed by atoms with Crippen LogP contribution in [0.25, 0.3) is 0 Å². The third-order valence-electron chi connectivity index (χ3n) is 17.9. The first-order valence-corrected chi connectivity index (χ1v) is 23.5.